The van der Waals surface area contributed by atoms with Crippen molar-refractivity contribution in [2.75, 3.05) is 18.0 Å². The molecule has 3 rings (SSSR count). The van der Waals surface area contributed by atoms with E-state index in [0.29, 0.717) is 12.1 Å². The highest BCUT2D eigenvalue weighted by Crippen LogP contribution is 2.30. The summed E-state index contributed by atoms with van der Waals surface area (Å²) in [6.07, 6.45) is 6.22. The molecule has 19 heavy (non-hydrogen) atoms. The number of nitrogens with zero attached hydrogens (tertiary/aromatic N) is 3. The summed E-state index contributed by atoms with van der Waals surface area (Å²) in [6.45, 7) is 2.02. The van der Waals surface area contributed by atoms with Crippen LogP contribution < -0.4 is 10.2 Å². The number of rotatable bonds is 3. The molecule has 0 radical (unpaired) electrons. The molecule has 102 valence electrons. The first kappa shape index (κ1) is 12.3. The van der Waals surface area contributed by atoms with Crippen molar-refractivity contribution in [1.29, 1.82) is 0 Å². The minimum absolute atomic E-state index is 0.120. The standard InChI is InChI=1S/C13H18N4O2/c18-17(19)10-5-7-15-13(9-10)16-8-2-4-12(16)11-3-1-6-14-11/h5,7,9,11-12,14H,1-4,6,8H2. The number of nitrogens with one attached hydrogen (secondary N) is 1. The van der Waals surface area contributed by atoms with Crippen LogP contribution in [0.5, 0.6) is 0 Å². The van der Waals surface area contributed by atoms with Crippen molar-refractivity contribution in [3.63, 3.8) is 0 Å². The minimum atomic E-state index is -0.357. The molecule has 1 aromatic rings. The third kappa shape index (κ3) is 2.40. The minimum Gasteiger partial charge on any atom is -0.352 e. The van der Waals surface area contributed by atoms with Crippen molar-refractivity contribution in [2.24, 2.45) is 0 Å². The third-order valence-corrected chi connectivity index (χ3v) is 4.10. The molecule has 1 N–H and O–H groups in total. The van der Waals surface area contributed by atoms with Crippen LogP contribution in [0.3, 0.4) is 0 Å². The molecule has 0 amide bonds. The Bertz CT molecular complexity index is 473. The van der Waals surface area contributed by atoms with Gasteiger partial charge < -0.3 is 10.2 Å². The van der Waals surface area contributed by atoms with E-state index in [1.807, 2.05) is 0 Å². The van der Waals surface area contributed by atoms with E-state index in [1.54, 1.807) is 6.07 Å². The maximum atomic E-state index is 10.9. The van der Waals surface area contributed by atoms with Gasteiger partial charge in [0.15, 0.2) is 0 Å². The molecule has 2 saturated heterocycles. The largest absolute Gasteiger partial charge is 0.352 e. The summed E-state index contributed by atoms with van der Waals surface area (Å²) in [5.41, 5.74) is 0.120. The Balaban J connectivity index is 1.83. The second kappa shape index (κ2) is 5.13. The average Bonchev–Trinajstić information content (AvgIpc) is 3.09. The summed E-state index contributed by atoms with van der Waals surface area (Å²) in [6, 6.07) is 3.97. The van der Waals surface area contributed by atoms with E-state index < -0.39 is 0 Å². The Morgan fingerprint density at radius 1 is 1.42 bits per heavy atom. The van der Waals surface area contributed by atoms with Crippen molar-refractivity contribution >= 4 is 11.5 Å². The van der Waals surface area contributed by atoms with E-state index in [4.69, 9.17) is 0 Å². The van der Waals surface area contributed by atoms with Gasteiger partial charge in [0, 0.05) is 30.9 Å². The SMILES string of the molecule is O=[N+]([O-])c1ccnc(N2CCCC2C2CCCN2)c1. The molecule has 2 atom stereocenters. The van der Waals surface area contributed by atoms with Crippen LogP contribution >= 0.6 is 0 Å². The first-order valence-electron chi connectivity index (χ1n) is 6.86. The Hall–Kier alpha value is -1.69. The zero-order chi connectivity index (χ0) is 13.2. The highest BCUT2D eigenvalue weighted by molar-refractivity contribution is 5.48. The summed E-state index contributed by atoms with van der Waals surface area (Å²) in [7, 11) is 0. The topological polar surface area (TPSA) is 71.3 Å². The molecular weight excluding hydrogens is 244 g/mol. The summed E-state index contributed by atoms with van der Waals surface area (Å²) < 4.78 is 0. The molecular formula is C13H18N4O2. The summed E-state index contributed by atoms with van der Waals surface area (Å²) >= 11 is 0. The molecule has 2 aliphatic rings. The lowest BCUT2D eigenvalue weighted by molar-refractivity contribution is -0.384. The quantitative estimate of drug-likeness (QED) is 0.663. The van der Waals surface area contributed by atoms with E-state index in [9.17, 15) is 10.1 Å². The number of anilines is 1. The van der Waals surface area contributed by atoms with Crippen molar-refractivity contribution in [3.05, 3.63) is 28.4 Å². The second-order valence-corrected chi connectivity index (χ2v) is 5.24. The van der Waals surface area contributed by atoms with E-state index in [-0.39, 0.29) is 10.6 Å². The number of hydrogen-bond acceptors (Lipinski definition) is 5. The van der Waals surface area contributed by atoms with Gasteiger partial charge in [0.2, 0.25) is 0 Å². The van der Waals surface area contributed by atoms with Gasteiger partial charge in [0.1, 0.15) is 5.82 Å². The molecule has 0 saturated carbocycles. The predicted octanol–water partition coefficient (Wildman–Crippen LogP) is 1.71. The van der Waals surface area contributed by atoms with Gasteiger partial charge in [0.05, 0.1) is 11.0 Å². The summed E-state index contributed by atoms with van der Waals surface area (Å²) in [5.74, 6) is 0.741. The van der Waals surface area contributed by atoms with Crippen LogP contribution in [0, 0.1) is 10.1 Å². The molecule has 6 heteroatoms. The van der Waals surface area contributed by atoms with Crippen LogP contribution in [0.15, 0.2) is 18.3 Å². The predicted molar refractivity (Wildman–Crippen MR) is 72.3 cm³/mol. The summed E-state index contributed by atoms with van der Waals surface area (Å²) in [5, 5.41) is 14.4. The lowest BCUT2D eigenvalue weighted by Gasteiger charge is -2.30. The fraction of sp³-hybridized carbons (Fsp3) is 0.615. The molecule has 2 unspecified atom stereocenters. The molecule has 2 aliphatic heterocycles. The van der Waals surface area contributed by atoms with Crippen molar-refractivity contribution in [1.82, 2.24) is 10.3 Å². The van der Waals surface area contributed by atoms with Gasteiger partial charge in [-0.05, 0) is 32.2 Å². The normalized spacial score (nSPS) is 26.8. The highest BCUT2D eigenvalue weighted by atomic mass is 16.6. The number of nitro groups is 1. The van der Waals surface area contributed by atoms with Crippen LogP contribution in [0.2, 0.25) is 0 Å². The number of hydrogen-bond donors (Lipinski definition) is 1. The van der Waals surface area contributed by atoms with E-state index in [1.165, 1.54) is 25.1 Å². The Labute approximate surface area is 112 Å². The molecule has 0 spiro atoms. The highest BCUT2D eigenvalue weighted by Gasteiger charge is 2.34. The lowest BCUT2D eigenvalue weighted by Crippen LogP contribution is -2.44. The van der Waals surface area contributed by atoms with Gasteiger partial charge in [-0.15, -0.1) is 0 Å². The lowest BCUT2D eigenvalue weighted by atomic mass is 10.0. The zero-order valence-electron chi connectivity index (χ0n) is 10.8. The van der Waals surface area contributed by atoms with Crippen LogP contribution in [0.1, 0.15) is 25.7 Å². The van der Waals surface area contributed by atoms with E-state index in [2.05, 4.69) is 15.2 Å². The number of pyridine rings is 1. The van der Waals surface area contributed by atoms with Crippen molar-refractivity contribution < 1.29 is 4.92 Å². The number of aromatic nitrogens is 1. The van der Waals surface area contributed by atoms with E-state index >= 15 is 0 Å². The maximum Gasteiger partial charge on any atom is 0.274 e. The second-order valence-electron chi connectivity index (χ2n) is 5.24. The summed E-state index contributed by atoms with van der Waals surface area (Å²) in [4.78, 5) is 17.0. The van der Waals surface area contributed by atoms with Gasteiger partial charge in [-0.2, -0.15) is 0 Å². The van der Waals surface area contributed by atoms with Gasteiger partial charge >= 0.3 is 0 Å². The smallest absolute Gasteiger partial charge is 0.274 e. The van der Waals surface area contributed by atoms with Crippen LogP contribution in [-0.4, -0.2) is 35.1 Å². The Kier molecular flexibility index (Phi) is 3.33. The third-order valence-electron chi connectivity index (χ3n) is 4.10. The monoisotopic (exact) mass is 262 g/mol. The first-order chi connectivity index (χ1) is 9.25. The zero-order valence-corrected chi connectivity index (χ0v) is 10.8. The molecule has 2 fully saturated rings. The van der Waals surface area contributed by atoms with Gasteiger partial charge in [-0.3, -0.25) is 10.1 Å². The first-order valence-corrected chi connectivity index (χ1v) is 6.86. The fourth-order valence-electron chi connectivity index (χ4n) is 3.21. The molecule has 6 nitrogen and oxygen atoms in total. The van der Waals surface area contributed by atoms with Gasteiger partial charge in [-0.25, -0.2) is 4.98 Å². The molecule has 3 heterocycles. The fourth-order valence-corrected chi connectivity index (χ4v) is 3.21. The molecule has 1 aromatic heterocycles. The average molecular weight is 262 g/mol. The molecule has 0 bridgehead atoms. The molecule has 0 aliphatic carbocycles. The Morgan fingerprint density at radius 3 is 3.05 bits per heavy atom. The van der Waals surface area contributed by atoms with Crippen LogP contribution in [-0.2, 0) is 0 Å². The molecule has 0 aromatic carbocycles. The van der Waals surface area contributed by atoms with Crippen molar-refractivity contribution in [3.8, 4) is 0 Å². The van der Waals surface area contributed by atoms with E-state index in [0.717, 1.165) is 31.7 Å². The van der Waals surface area contributed by atoms with Crippen LogP contribution in [0.4, 0.5) is 11.5 Å². The maximum absolute atomic E-state index is 10.9. The van der Waals surface area contributed by atoms with Crippen molar-refractivity contribution in [2.45, 2.75) is 37.8 Å². The van der Waals surface area contributed by atoms with Crippen LogP contribution in [0.25, 0.3) is 0 Å². The Morgan fingerprint density at radius 2 is 2.32 bits per heavy atom. The van der Waals surface area contributed by atoms with Gasteiger partial charge in [-0.1, -0.05) is 0 Å². The van der Waals surface area contributed by atoms with Gasteiger partial charge in [0.25, 0.3) is 5.69 Å².